The Morgan fingerprint density at radius 3 is 2.24 bits per heavy atom. The molecule has 0 saturated carbocycles. The Balaban J connectivity index is 1.55. The number of carbonyl (C=O) groups excluding carboxylic acids is 3. The molecular weight excluding hydrogens is 492 g/mol. The van der Waals surface area contributed by atoms with Crippen molar-refractivity contribution in [2.24, 2.45) is 0 Å². The monoisotopic (exact) mass is 518 g/mol. The zero-order chi connectivity index (χ0) is 26.4. The van der Waals surface area contributed by atoms with Gasteiger partial charge in [0.05, 0.1) is 19.5 Å². The number of thioether (sulfide) groups is 1. The molecule has 0 spiro atoms. The molecule has 2 N–H and O–H groups in total. The lowest BCUT2D eigenvalue weighted by atomic mass is 10.0. The zero-order valence-electron chi connectivity index (χ0n) is 20.6. The van der Waals surface area contributed by atoms with Crippen molar-refractivity contribution in [2.45, 2.75) is 11.7 Å². The summed E-state index contributed by atoms with van der Waals surface area (Å²) >= 11 is 1.01. The molecule has 4 rings (SSSR count). The van der Waals surface area contributed by atoms with Crippen molar-refractivity contribution >= 4 is 40.5 Å². The summed E-state index contributed by atoms with van der Waals surface area (Å²) in [5, 5.41) is 4.25. The number of ether oxygens (including phenoxy) is 3. The van der Waals surface area contributed by atoms with E-state index in [2.05, 4.69) is 10.6 Å². The van der Waals surface area contributed by atoms with E-state index in [1.54, 1.807) is 57.7 Å². The molecule has 9 heteroatoms. The Labute approximate surface area is 219 Å². The highest BCUT2D eigenvalue weighted by Crippen LogP contribution is 2.30. The van der Waals surface area contributed by atoms with Crippen LogP contribution in [0.25, 0.3) is 11.6 Å². The summed E-state index contributed by atoms with van der Waals surface area (Å²) in [4.78, 5) is 36.0. The van der Waals surface area contributed by atoms with Gasteiger partial charge in [-0.05, 0) is 65.6 Å². The first kappa shape index (κ1) is 25.8. The predicted octanol–water partition coefficient (Wildman–Crippen LogP) is 4.68. The van der Waals surface area contributed by atoms with Gasteiger partial charge in [0.15, 0.2) is 0 Å². The molecular formula is C28H26N2O6S. The first-order chi connectivity index (χ1) is 17.9. The topological polar surface area (TPSA) is 103 Å². The highest BCUT2D eigenvalue weighted by atomic mass is 32.2. The smallest absolute Gasteiger partial charge is 0.286 e. The summed E-state index contributed by atoms with van der Waals surface area (Å²) in [5.74, 6) is 1.86. The third-order valence-electron chi connectivity index (χ3n) is 5.65. The Morgan fingerprint density at radius 2 is 1.65 bits per heavy atom. The van der Waals surface area contributed by atoms with Crippen molar-refractivity contribution in [1.82, 2.24) is 10.6 Å². The Kier molecular flexibility index (Phi) is 8.15. The molecule has 3 amide bonds. The van der Waals surface area contributed by atoms with Crippen molar-refractivity contribution < 1.29 is 28.6 Å². The molecule has 37 heavy (non-hydrogen) atoms. The Hall–Kier alpha value is -4.24. The maximum atomic E-state index is 12.8. The second-order valence-corrected chi connectivity index (χ2v) is 9.32. The molecule has 1 saturated heterocycles. The average Bonchev–Trinajstić information content (AvgIpc) is 3.23. The molecule has 1 fully saturated rings. The van der Waals surface area contributed by atoms with Crippen LogP contribution in [0.4, 0.5) is 4.79 Å². The van der Waals surface area contributed by atoms with Gasteiger partial charge in [-0.1, -0.05) is 36.0 Å². The van der Waals surface area contributed by atoms with E-state index in [1.807, 2.05) is 36.4 Å². The molecule has 1 heterocycles. The number of imide groups is 1. The molecule has 0 aliphatic carbocycles. The summed E-state index contributed by atoms with van der Waals surface area (Å²) < 4.78 is 16.7. The molecule has 1 atom stereocenters. The van der Waals surface area contributed by atoms with E-state index in [9.17, 15) is 14.4 Å². The number of amides is 3. The fourth-order valence-electron chi connectivity index (χ4n) is 3.79. The zero-order valence-corrected chi connectivity index (χ0v) is 21.4. The van der Waals surface area contributed by atoms with E-state index >= 15 is 0 Å². The fourth-order valence-corrected chi connectivity index (χ4v) is 4.65. The summed E-state index contributed by atoms with van der Waals surface area (Å²) in [6, 6.07) is 20.0. The molecule has 0 aromatic heterocycles. The minimum atomic E-state index is -0.421. The van der Waals surface area contributed by atoms with Crippen LogP contribution < -0.4 is 24.8 Å². The highest BCUT2D eigenvalue weighted by Gasteiger charge is 2.31. The third kappa shape index (κ3) is 6.50. The van der Waals surface area contributed by atoms with E-state index in [0.29, 0.717) is 40.6 Å². The van der Waals surface area contributed by atoms with Gasteiger partial charge in [0.2, 0.25) is 5.91 Å². The molecule has 1 unspecified atom stereocenters. The number of methoxy groups -OCH3 is 2. The number of benzene rings is 3. The van der Waals surface area contributed by atoms with Gasteiger partial charge < -0.3 is 19.5 Å². The molecule has 0 radical (unpaired) electrons. The second kappa shape index (κ2) is 11.7. The quantitative estimate of drug-likeness (QED) is 0.313. The van der Waals surface area contributed by atoms with Gasteiger partial charge in [-0.2, -0.15) is 0 Å². The second-order valence-electron chi connectivity index (χ2n) is 8.14. The lowest BCUT2D eigenvalue weighted by molar-refractivity contribution is -0.119. The summed E-state index contributed by atoms with van der Waals surface area (Å²) in [6.45, 7) is 0. The molecule has 3 aromatic rings. The van der Waals surface area contributed by atoms with Gasteiger partial charge >= 0.3 is 0 Å². The highest BCUT2D eigenvalue weighted by molar-refractivity contribution is 8.15. The first-order valence-corrected chi connectivity index (χ1v) is 12.3. The Morgan fingerprint density at radius 1 is 0.946 bits per heavy atom. The summed E-state index contributed by atoms with van der Waals surface area (Å²) in [5.41, 5.74) is 2.78. The van der Waals surface area contributed by atoms with Gasteiger partial charge in [-0.25, -0.2) is 0 Å². The summed E-state index contributed by atoms with van der Waals surface area (Å²) in [6.07, 6.45) is 2.22. The third-order valence-corrected chi connectivity index (χ3v) is 6.63. The number of hydrogen-bond acceptors (Lipinski definition) is 7. The normalized spacial score (nSPS) is 15.2. The molecule has 1 aliphatic rings. The van der Waals surface area contributed by atoms with Crippen molar-refractivity contribution in [3.05, 3.63) is 83.4 Å². The lowest BCUT2D eigenvalue weighted by Crippen LogP contribution is -2.25. The number of rotatable bonds is 9. The van der Waals surface area contributed by atoms with Gasteiger partial charge in [-0.15, -0.1) is 0 Å². The van der Waals surface area contributed by atoms with Crippen molar-refractivity contribution in [1.29, 1.82) is 0 Å². The van der Waals surface area contributed by atoms with Crippen LogP contribution in [0.2, 0.25) is 0 Å². The molecule has 1 aliphatic heterocycles. The van der Waals surface area contributed by atoms with E-state index in [0.717, 1.165) is 22.9 Å². The Bertz CT molecular complexity index is 1330. The summed E-state index contributed by atoms with van der Waals surface area (Å²) in [7, 11) is 4.72. The SMILES string of the molecule is CNC(=O)/C(=C/c1cc(OC)cc(OC)c1)c1cccc(Oc2ccc(CC3SC(=O)NC3=O)cc2)c1. The van der Waals surface area contributed by atoms with Gasteiger partial charge in [-0.3, -0.25) is 19.7 Å². The minimum Gasteiger partial charge on any atom is -0.497 e. The maximum Gasteiger partial charge on any atom is 0.286 e. The molecule has 0 bridgehead atoms. The van der Waals surface area contributed by atoms with Crippen LogP contribution in [0.1, 0.15) is 16.7 Å². The number of likely N-dealkylation sites (N-methyl/N-ethyl adjacent to an activating group) is 1. The predicted molar refractivity (Wildman–Crippen MR) is 143 cm³/mol. The standard InChI is InChI=1S/C28H26N2O6S/c1-29-26(31)24(13-18-11-22(34-2)16-23(12-18)35-3)19-5-4-6-21(15-19)36-20-9-7-17(8-10-20)14-25-27(32)30-28(33)37-25/h4-13,15-16,25H,14H2,1-3H3,(H,29,31)(H,30,32,33)/b24-13+. The van der Waals surface area contributed by atoms with Crippen LogP contribution in [-0.4, -0.2) is 43.6 Å². The first-order valence-electron chi connectivity index (χ1n) is 11.4. The van der Waals surface area contributed by atoms with Crippen LogP contribution in [0.5, 0.6) is 23.0 Å². The van der Waals surface area contributed by atoms with Crippen molar-refractivity contribution in [3.63, 3.8) is 0 Å². The van der Waals surface area contributed by atoms with Crippen molar-refractivity contribution in [2.75, 3.05) is 21.3 Å². The molecule has 3 aromatic carbocycles. The van der Waals surface area contributed by atoms with Gasteiger partial charge in [0.1, 0.15) is 23.0 Å². The number of nitrogens with one attached hydrogen (secondary N) is 2. The van der Waals surface area contributed by atoms with E-state index in [4.69, 9.17) is 14.2 Å². The largest absolute Gasteiger partial charge is 0.497 e. The number of hydrogen-bond donors (Lipinski definition) is 2. The number of carbonyl (C=O) groups is 3. The molecule has 190 valence electrons. The average molecular weight is 519 g/mol. The van der Waals surface area contributed by atoms with Crippen molar-refractivity contribution in [3.8, 4) is 23.0 Å². The maximum absolute atomic E-state index is 12.8. The van der Waals surface area contributed by atoms with Gasteiger partial charge in [0, 0.05) is 18.7 Å². The van der Waals surface area contributed by atoms with E-state index in [-0.39, 0.29) is 17.1 Å². The minimum absolute atomic E-state index is 0.254. The van der Waals surface area contributed by atoms with Crippen LogP contribution in [0.15, 0.2) is 66.7 Å². The lowest BCUT2D eigenvalue weighted by Gasteiger charge is -2.12. The molecule has 8 nitrogen and oxygen atoms in total. The fraction of sp³-hybridized carbons (Fsp3) is 0.179. The van der Waals surface area contributed by atoms with Crippen LogP contribution in [0, 0.1) is 0 Å². The van der Waals surface area contributed by atoms with Gasteiger partial charge in [0.25, 0.3) is 11.1 Å². The van der Waals surface area contributed by atoms with E-state index in [1.165, 1.54) is 0 Å². The van der Waals surface area contributed by atoms with Crippen LogP contribution >= 0.6 is 11.8 Å². The van der Waals surface area contributed by atoms with Crippen LogP contribution in [0.3, 0.4) is 0 Å². The van der Waals surface area contributed by atoms with E-state index < -0.39 is 5.25 Å². The van der Waals surface area contributed by atoms with Crippen LogP contribution in [-0.2, 0) is 16.0 Å².